The lowest BCUT2D eigenvalue weighted by atomic mass is 9.96. The van der Waals surface area contributed by atoms with Gasteiger partial charge in [-0.15, -0.1) is 0 Å². The van der Waals surface area contributed by atoms with E-state index in [0.29, 0.717) is 18.7 Å². The van der Waals surface area contributed by atoms with E-state index < -0.39 is 11.7 Å². The summed E-state index contributed by atoms with van der Waals surface area (Å²) in [5, 5.41) is 0. The summed E-state index contributed by atoms with van der Waals surface area (Å²) >= 11 is 0. The third-order valence-electron chi connectivity index (χ3n) is 7.53. The number of likely N-dealkylation sites (tertiary alicyclic amines) is 2. The maximum Gasteiger partial charge on any atom is 0.416 e. The lowest BCUT2D eigenvalue weighted by Crippen LogP contribution is -2.49. The summed E-state index contributed by atoms with van der Waals surface area (Å²) in [6.07, 6.45) is -3.52. The molecule has 0 radical (unpaired) electrons. The number of carbonyl (C=O) groups is 1. The van der Waals surface area contributed by atoms with Gasteiger partial charge in [0.2, 0.25) is 0 Å². The number of benzene rings is 2. The number of likely N-dealkylation sites (N-methyl/N-ethyl adjacent to an activating group) is 1. The van der Waals surface area contributed by atoms with E-state index >= 15 is 0 Å². The van der Waals surface area contributed by atoms with E-state index in [1.807, 2.05) is 19.0 Å². The summed E-state index contributed by atoms with van der Waals surface area (Å²) < 4.78 is 44.5. The number of nitrogens with zero attached hydrogens (tertiary/aromatic N) is 3. The highest BCUT2D eigenvalue weighted by molar-refractivity contribution is 5.94. The molecule has 4 rings (SSSR count). The van der Waals surface area contributed by atoms with Crippen LogP contribution in [0.3, 0.4) is 0 Å². The first kappa shape index (κ1) is 25.5. The van der Waals surface area contributed by atoms with Crippen LogP contribution < -0.4 is 4.74 Å². The molecular formula is C27H34F3N3O2. The number of ether oxygens (including phenoxy) is 1. The zero-order valence-electron chi connectivity index (χ0n) is 21.0. The molecule has 2 aliphatic heterocycles. The molecule has 1 amide bonds. The van der Waals surface area contributed by atoms with Crippen LogP contribution in [0, 0.1) is 13.8 Å². The lowest BCUT2D eigenvalue weighted by molar-refractivity contribution is -0.137. The number of halogens is 3. The van der Waals surface area contributed by atoms with Gasteiger partial charge >= 0.3 is 6.18 Å². The first-order chi connectivity index (χ1) is 16.5. The van der Waals surface area contributed by atoms with Gasteiger partial charge < -0.3 is 14.5 Å². The summed E-state index contributed by atoms with van der Waals surface area (Å²) in [6, 6.07) is 9.24. The Balaban J connectivity index is 1.41. The summed E-state index contributed by atoms with van der Waals surface area (Å²) in [7, 11) is 4.04. The van der Waals surface area contributed by atoms with Crippen molar-refractivity contribution < 1.29 is 22.7 Å². The highest BCUT2D eigenvalue weighted by Gasteiger charge is 2.47. The fraction of sp³-hybridized carbons (Fsp3) is 0.519. The average Bonchev–Trinajstić information content (AvgIpc) is 3.41. The predicted octanol–water partition coefficient (Wildman–Crippen LogP) is 4.92. The Kier molecular flexibility index (Phi) is 7.16. The minimum Gasteiger partial charge on any atom is -0.492 e. The Morgan fingerprint density at radius 3 is 2.31 bits per heavy atom. The summed E-state index contributed by atoms with van der Waals surface area (Å²) in [5.41, 5.74) is 3.20. The highest BCUT2D eigenvalue weighted by atomic mass is 19.4. The zero-order chi connectivity index (χ0) is 25.5. The van der Waals surface area contributed by atoms with Gasteiger partial charge in [0.1, 0.15) is 12.4 Å². The van der Waals surface area contributed by atoms with Gasteiger partial charge in [0, 0.05) is 43.3 Å². The van der Waals surface area contributed by atoms with E-state index in [2.05, 4.69) is 42.7 Å². The van der Waals surface area contributed by atoms with Gasteiger partial charge in [0.15, 0.2) is 0 Å². The van der Waals surface area contributed by atoms with E-state index in [4.69, 9.17) is 4.74 Å². The molecule has 0 aliphatic carbocycles. The van der Waals surface area contributed by atoms with Gasteiger partial charge in [-0.1, -0.05) is 6.07 Å². The fourth-order valence-corrected chi connectivity index (χ4v) is 5.33. The van der Waals surface area contributed by atoms with Crippen LogP contribution in [0.1, 0.15) is 52.0 Å². The van der Waals surface area contributed by atoms with E-state index in [9.17, 15) is 18.0 Å². The Morgan fingerprint density at radius 1 is 1.06 bits per heavy atom. The van der Waals surface area contributed by atoms with Crippen molar-refractivity contribution in [2.24, 2.45) is 0 Å². The summed E-state index contributed by atoms with van der Waals surface area (Å²) in [5.74, 6) is 0.723. The number of amides is 1. The van der Waals surface area contributed by atoms with E-state index in [-0.39, 0.29) is 24.0 Å². The molecule has 2 fully saturated rings. The normalized spacial score (nSPS) is 21.1. The third kappa shape index (κ3) is 5.19. The van der Waals surface area contributed by atoms with E-state index in [1.54, 1.807) is 0 Å². The number of fused-ring (bicyclic) bond motifs is 2. The van der Waals surface area contributed by atoms with Crippen LogP contribution in [0.25, 0.3) is 0 Å². The predicted molar refractivity (Wildman–Crippen MR) is 130 cm³/mol. The van der Waals surface area contributed by atoms with Gasteiger partial charge in [-0.3, -0.25) is 9.69 Å². The zero-order valence-corrected chi connectivity index (χ0v) is 21.0. The fourth-order valence-electron chi connectivity index (χ4n) is 5.33. The van der Waals surface area contributed by atoms with Crippen LogP contribution in [0.2, 0.25) is 0 Å². The molecular weight excluding hydrogens is 455 g/mol. The number of rotatable bonds is 7. The molecule has 2 bridgehead atoms. The van der Waals surface area contributed by atoms with Crippen LogP contribution in [0.5, 0.6) is 5.75 Å². The molecule has 0 N–H and O–H groups in total. The largest absolute Gasteiger partial charge is 0.492 e. The summed E-state index contributed by atoms with van der Waals surface area (Å²) in [6.45, 7) is 9.29. The Labute approximate surface area is 205 Å². The van der Waals surface area contributed by atoms with Gasteiger partial charge in [-0.2, -0.15) is 13.2 Å². The van der Waals surface area contributed by atoms with Crippen molar-refractivity contribution in [2.75, 3.05) is 40.3 Å². The monoisotopic (exact) mass is 489 g/mol. The minimum atomic E-state index is -4.40. The minimum absolute atomic E-state index is 0.0762. The van der Waals surface area contributed by atoms with Crippen molar-refractivity contribution in [1.82, 2.24) is 14.7 Å². The Morgan fingerprint density at radius 2 is 1.74 bits per heavy atom. The third-order valence-corrected chi connectivity index (χ3v) is 7.53. The molecule has 2 aromatic rings. The van der Waals surface area contributed by atoms with Crippen molar-refractivity contribution in [1.29, 1.82) is 0 Å². The van der Waals surface area contributed by atoms with Crippen molar-refractivity contribution in [2.45, 2.75) is 51.5 Å². The number of piperazine rings is 1. The lowest BCUT2D eigenvalue weighted by Gasteiger charge is -2.38. The molecule has 8 heteroatoms. The molecule has 2 heterocycles. The number of carbonyl (C=O) groups excluding carboxylic acids is 1. The van der Waals surface area contributed by atoms with Crippen molar-refractivity contribution in [3.05, 3.63) is 64.2 Å². The van der Waals surface area contributed by atoms with E-state index in [0.717, 1.165) is 43.0 Å². The maximum atomic E-state index is 13.0. The molecule has 2 aromatic carbocycles. The molecule has 2 aliphatic rings. The van der Waals surface area contributed by atoms with Crippen LogP contribution in [0.4, 0.5) is 13.2 Å². The average molecular weight is 490 g/mol. The van der Waals surface area contributed by atoms with Gasteiger partial charge in [-0.05, 0) is 88.3 Å². The molecule has 3 atom stereocenters. The second kappa shape index (κ2) is 9.82. The van der Waals surface area contributed by atoms with Gasteiger partial charge in [0.05, 0.1) is 5.56 Å². The first-order valence-corrected chi connectivity index (χ1v) is 12.1. The standard InChI is InChI=1S/C27H34F3N3O2/c1-17-18(2)25(35-13-12-31(4)5)11-10-24(17)19(3)32-15-23-14-22(32)16-33(23)26(34)20-6-8-21(9-7-20)27(28,29)30/h6-11,19,22-23H,12-16H2,1-5H3/t19-,22-,23-/m0/s1. The van der Waals surface area contributed by atoms with Crippen LogP contribution in [-0.4, -0.2) is 73.0 Å². The molecule has 190 valence electrons. The number of hydrogen-bond donors (Lipinski definition) is 0. The molecule has 0 saturated carbocycles. The van der Waals surface area contributed by atoms with Crippen LogP contribution >= 0.6 is 0 Å². The maximum absolute atomic E-state index is 13.0. The van der Waals surface area contributed by atoms with Gasteiger partial charge in [0.25, 0.3) is 5.91 Å². The number of hydrogen-bond acceptors (Lipinski definition) is 4. The van der Waals surface area contributed by atoms with Crippen LogP contribution in [0.15, 0.2) is 36.4 Å². The molecule has 35 heavy (non-hydrogen) atoms. The SMILES string of the molecule is Cc1c(OCCN(C)C)ccc([C@H](C)N2C[C@@H]3C[C@H]2CN3C(=O)c2ccc(C(F)(F)F)cc2)c1C. The quantitative estimate of drug-likeness (QED) is 0.553. The Bertz CT molecular complexity index is 1070. The molecule has 0 unspecified atom stereocenters. The second-order valence-corrected chi connectivity index (χ2v) is 10.0. The second-order valence-electron chi connectivity index (χ2n) is 10.0. The Hall–Kier alpha value is -2.58. The molecule has 5 nitrogen and oxygen atoms in total. The van der Waals surface area contributed by atoms with E-state index in [1.165, 1.54) is 23.3 Å². The highest BCUT2D eigenvalue weighted by Crippen LogP contribution is 2.39. The van der Waals surface area contributed by atoms with Crippen molar-refractivity contribution in [3.63, 3.8) is 0 Å². The van der Waals surface area contributed by atoms with Gasteiger partial charge in [-0.25, -0.2) is 0 Å². The number of alkyl halides is 3. The first-order valence-electron chi connectivity index (χ1n) is 12.1. The molecule has 0 aromatic heterocycles. The topological polar surface area (TPSA) is 36.0 Å². The molecule has 0 spiro atoms. The van der Waals surface area contributed by atoms with Crippen molar-refractivity contribution in [3.8, 4) is 5.75 Å². The van der Waals surface area contributed by atoms with Crippen LogP contribution in [-0.2, 0) is 6.18 Å². The van der Waals surface area contributed by atoms with Crippen molar-refractivity contribution >= 4 is 5.91 Å². The smallest absolute Gasteiger partial charge is 0.416 e. The molecule has 2 saturated heterocycles. The summed E-state index contributed by atoms with van der Waals surface area (Å²) in [4.78, 5) is 19.4.